The van der Waals surface area contributed by atoms with Crippen LogP contribution in [0.2, 0.25) is 5.02 Å². The molecule has 1 atom stereocenters. The molecule has 2 N–H and O–H groups in total. The SMILES string of the molecule is COc1cc(CC(=O)N[C@@H](CC(=O)O)c2ccc(Cl)cc2)ccc1C. The Balaban J connectivity index is 2.11. The summed E-state index contributed by atoms with van der Waals surface area (Å²) in [5.74, 6) is -0.533. The van der Waals surface area contributed by atoms with Crippen LogP contribution in [0.15, 0.2) is 42.5 Å². The number of aliphatic carboxylic acids is 1. The van der Waals surface area contributed by atoms with Gasteiger partial charge >= 0.3 is 5.97 Å². The highest BCUT2D eigenvalue weighted by atomic mass is 35.5. The van der Waals surface area contributed by atoms with Crippen molar-refractivity contribution in [3.8, 4) is 5.75 Å². The second-order valence-corrected chi connectivity index (χ2v) is 6.19. The van der Waals surface area contributed by atoms with Crippen LogP contribution in [-0.4, -0.2) is 24.1 Å². The van der Waals surface area contributed by atoms with Gasteiger partial charge < -0.3 is 15.2 Å². The van der Waals surface area contributed by atoms with E-state index >= 15 is 0 Å². The molecule has 0 fully saturated rings. The van der Waals surface area contributed by atoms with Gasteiger partial charge in [0.05, 0.1) is 26.0 Å². The first-order valence-corrected chi connectivity index (χ1v) is 8.17. The van der Waals surface area contributed by atoms with Gasteiger partial charge in [-0.25, -0.2) is 0 Å². The van der Waals surface area contributed by atoms with Crippen LogP contribution in [0.3, 0.4) is 0 Å². The Morgan fingerprint density at radius 3 is 2.48 bits per heavy atom. The van der Waals surface area contributed by atoms with E-state index in [4.69, 9.17) is 21.4 Å². The smallest absolute Gasteiger partial charge is 0.305 e. The van der Waals surface area contributed by atoms with Gasteiger partial charge in [-0.3, -0.25) is 9.59 Å². The summed E-state index contributed by atoms with van der Waals surface area (Å²) >= 11 is 5.86. The molecule has 1 amide bonds. The Hall–Kier alpha value is -2.53. The molecule has 0 saturated heterocycles. The molecule has 0 spiro atoms. The van der Waals surface area contributed by atoms with Crippen molar-refractivity contribution in [1.82, 2.24) is 5.32 Å². The minimum Gasteiger partial charge on any atom is -0.496 e. The number of carboxylic acid groups (broad SMARTS) is 1. The van der Waals surface area contributed by atoms with Crippen LogP contribution in [0.4, 0.5) is 0 Å². The molecule has 2 aromatic rings. The van der Waals surface area contributed by atoms with E-state index in [9.17, 15) is 9.59 Å². The molecule has 0 aliphatic heterocycles. The Morgan fingerprint density at radius 1 is 1.20 bits per heavy atom. The number of benzene rings is 2. The number of ether oxygens (including phenoxy) is 1. The van der Waals surface area contributed by atoms with Gasteiger partial charge in [-0.05, 0) is 41.8 Å². The van der Waals surface area contributed by atoms with Crippen molar-refractivity contribution in [3.05, 3.63) is 64.2 Å². The maximum absolute atomic E-state index is 12.4. The maximum Gasteiger partial charge on any atom is 0.305 e. The molecule has 132 valence electrons. The lowest BCUT2D eigenvalue weighted by molar-refractivity contribution is -0.137. The normalized spacial score (nSPS) is 11.6. The largest absolute Gasteiger partial charge is 0.496 e. The van der Waals surface area contributed by atoms with E-state index in [0.717, 1.165) is 11.1 Å². The second-order valence-electron chi connectivity index (χ2n) is 5.75. The van der Waals surface area contributed by atoms with E-state index in [1.165, 1.54) is 0 Å². The van der Waals surface area contributed by atoms with Crippen molar-refractivity contribution in [2.45, 2.75) is 25.8 Å². The Morgan fingerprint density at radius 2 is 1.88 bits per heavy atom. The number of carbonyl (C=O) groups is 2. The van der Waals surface area contributed by atoms with Crippen LogP contribution in [0.1, 0.15) is 29.2 Å². The van der Waals surface area contributed by atoms with Crippen molar-refractivity contribution in [3.63, 3.8) is 0 Å². The van der Waals surface area contributed by atoms with Gasteiger partial charge in [0.15, 0.2) is 0 Å². The Kier molecular flexibility index (Phi) is 6.42. The zero-order valence-corrected chi connectivity index (χ0v) is 14.8. The average Bonchev–Trinajstić information content (AvgIpc) is 2.56. The zero-order chi connectivity index (χ0) is 18.4. The number of carboxylic acids is 1. The highest BCUT2D eigenvalue weighted by Crippen LogP contribution is 2.21. The van der Waals surface area contributed by atoms with Gasteiger partial charge in [0, 0.05) is 5.02 Å². The number of nitrogens with one attached hydrogen (secondary N) is 1. The third-order valence-corrected chi connectivity index (χ3v) is 4.08. The first-order valence-electron chi connectivity index (χ1n) is 7.79. The molecule has 5 nitrogen and oxygen atoms in total. The number of rotatable bonds is 7. The van der Waals surface area contributed by atoms with Crippen LogP contribution in [-0.2, 0) is 16.0 Å². The molecule has 0 unspecified atom stereocenters. The van der Waals surface area contributed by atoms with E-state index in [-0.39, 0.29) is 18.7 Å². The van der Waals surface area contributed by atoms with Crippen molar-refractivity contribution in [1.29, 1.82) is 0 Å². The second kappa shape index (κ2) is 8.53. The van der Waals surface area contributed by atoms with Gasteiger partial charge in [0.2, 0.25) is 5.91 Å². The molecule has 0 aromatic heterocycles. The minimum absolute atomic E-state index is 0.139. The summed E-state index contributed by atoms with van der Waals surface area (Å²) in [5.41, 5.74) is 2.48. The van der Waals surface area contributed by atoms with Gasteiger partial charge in [-0.2, -0.15) is 0 Å². The molecule has 0 heterocycles. The summed E-state index contributed by atoms with van der Waals surface area (Å²) in [4.78, 5) is 23.5. The average molecular weight is 362 g/mol. The monoisotopic (exact) mass is 361 g/mol. The summed E-state index contributed by atoms with van der Waals surface area (Å²) in [6.07, 6.45) is -0.0645. The minimum atomic E-state index is -0.989. The van der Waals surface area contributed by atoms with Crippen molar-refractivity contribution in [2.24, 2.45) is 0 Å². The highest BCUT2D eigenvalue weighted by Gasteiger charge is 2.18. The predicted octanol–water partition coefficient (Wildman–Crippen LogP) is 3.53. The van der Waals surface area contributed by atoms with E-state index < -0.39 is 12.0 Å². The topological polar surface area (TPSA) is 75.6 Å². The molecule has 6 heteroatoms. The van der Waals surface area contributed by atoms with Crippen LogP contribution < -0.4 is 10.1 Å². The number of methoxy groups -OCH3 is 1. The first kappa shape index (κ1) is 18.8. The number of aryl methyl sites for hydroxylation is 1. The van der Waals surface area contributed by atoms with Gasteiger partial charge in [0.1, 0.15) is 5.75 Å². The summed E-state index contributed by atoms with van der Waals surface area (Å²) < 4.78 is 5.26. The molecule has 0 aliphatic rings. The third-order valence-electron chi connectivity index (χ3n) is 3.82. The lowest BCUT2D eigenvalue weighted by Gasteiger charge is -2.18. The molecule has 2 aromatic carbocycles. The van der Waals surface area contributed by atoms with E-state index in [1.807, 2.05) is 25.1 Å². The molecular weight excluding hydrogens is 342 g/mol. The van der Waals surface area contributed by atoms with Crippen LogP contribution in [0.5, 0.6) is 5.75 Å². The lowest BCUT2D eigenvalue weighted by Crippen LogP contribution is -2.31. The van der Waals surface area contributed by atoms with Crippen molar-refractivity contribution < 1.29 is 19.4 Å². The molecule has 2 rings (SSSR count). The molecule has 0 saturated carbocycles. The lowest BCUT2D eigenvalue weighted by atomic mass is 10.0. The van der Waals surface area contributed by atoms with Gasteiger partial charge in [-0.15, -0.1) is 0 Å². The summed E-state index contributed by atoms with van der Waals surface area (Å²) in [6.45, 7) is 1.92. The van der Waals surface area contributed by atoms with Gasteiger partial charge in [-0.1, -0.05) is 35.9 Å². The van der Waals surface area contributed by atoms with Gasteiger partial charge in [0.25, 0.3) is 0 Å². The highest BCUT2D eigenvalue weighted by molar-refractivity contribution is 6.30. The number of halogens is 1. The van der Waals surface area contributed by atoms with Crippen LogP contribution >= 0.6 is 11.6 Å². The zero-order valence-electron chi connectivity index (χ0n) is 14.1. The quantitative estimate of drug-likeness (QED) is 0.791. The number of amides is 1. The fraction of sp³-hybridized carbons (Fsp3) is 0.263. The van der Waals surface area contributed by atoms with Crippen LogP contribution in [0, 0.1) is 6.92 Å². The molecular formula is C19H20ClNO4. The number of carbonyl (C=O) groups excluding carboxylic acids is 1. The molecule has 0 bridgehead atoms. The number of hydrogen-bond acceptors (Lipinski definition) is 3. The van der Waals surface area contributed by atoms with E-state index in [2.05, 4.69) is 5.32 Å². The standard InChI is InChI=1S/C19H20ClNO4/c1-12-3-4-13(9-17(12)25-2)10-18(22)21-16(11-19(23)24)14-5-7-15(20)8-6-14/h3-9,16H,10-11H2,1-2H3,(H,21,22)(H,23,24)/t16-/m0/s1. The van der Waals surface area contributed by atoms with Crippen molar-refractivity contribution >= 4 is 23.5 Å². The molecule has 0 radical (unpaired) electrons. The van der Waals surface area contributed by atoms with Crippen LogP contribution in [0.25, 0.3) is 0 Å². The fourth-order valence-electron chi connectivity index (χ4n) is 2.53. The first-order chi connectivity index (χ1) is 11.9. The van der Waals surface area contributed by atoms with Crippen molar-refractivity contribution in [2.75, 3.05) is 7.11 Å². The summed E-state index contributed by atoms with van der Waals surface area (Å²) in [6, 6.07) is 11.7. The van der Waals surface area contributed by atoms with E-state index in [0.29, 0.717) is 16.3 Å². The predicted molar refractivity (Wildman–Crippen MR) is 96.0 cm³/mol. The summed E-state index contributed by atoms with van der Waals surface area (Å²) in [5, 5.41) is 12.4. The fourth-order valence-corrected chi connectivity index (χ4v) is 2.65. The molecule has 0 aliphatic carbocycles. The van der Waals surface area contributed by atoms with E-state index in [1.54, 1.807) is 31.4 Å². The third kappa shape index (κ3) is 5.50. The number of hydrogen-bond donors (Lipinski definition) is 2. The summed E-state index contributed by atoms with van der Waals surface area (Å²) in [7, 11) is 1.58. The Bertz CT molecular complexity index is 759. The maximum atomic E-state index is 12.4. The molecule has 25 heavy (non-hydrogen) atoms. The Labute approximate surface area is 151 Å².